The smallest absolute Gasteiger partial charge is 1.00 e. The van der Waals surface area contributed by atoms with Crippen molar-refractivity contribution in [3.05, 3.63) is 82.9 Å². The van der Waals surface area contributed by atoms with Crippen molar-refractivity contribution in [3.8, 4) is 0 Å². The first-order chi connectivity index (χ1) is 12.1. The maximum absolute atomic E-state index is 2.38. The second-order valence-corrected chi connectivity index (χ2v) is 8.72. The molecule has 141 valence electrons. The van der Waals surface area contributed by atoms with Crippen LogP contribution in [-0.2, 0) is 32.6 Å². The summed E-state index contributed by atoms with van der Waals surface area (Å²) in [6.07, 6.45) is 1.06. The summed E-state index contributed by atoms with van der Waals surface area (Å²) in [5.74, 6) is 0. The number of hydrogen-bond acceptors (Lipinski definition) is 0. The molecule has 4 aromatic rings. The first kappa shape index (κ1) is 25.2. The summed E-state index contributed by atoms with van der Waals surface area (Å²) in [5.41, 5.74) is 5.55. The van der Waals surface area contributed by atoms with Crippen molar-refractivity contribution < 1.29 is 51.0 Å². The molecule has 0 unspecified atom stereocenters. The molecule has 0 saturated heterocycles. The average Bonchev–Trinajstić information content (AvgIpc) is 3.16. The van der Waals surface area contributed by atoms with E-state index < -0.39 is 0 Å². The maximum atomic E-state index is 2.38. The Labute approximate surface area is 201 Å². The van der Waals surface area contributed by atoms with Crippen LogP contribution in [-0.4, -0.2) is 14.3 Å². The molecule has 1 radical (unpaired) electrons. The van der Waals surface area contributed by atoms with Crippen LogP contribution >= 0.6 is 0 Å². The van der Waals surface area contributed by atoms with E-state index >= 15 is 0 Å². The zero-order valence-corrected chi connectivity index (χ0v) is 21.4. The fourth-order valence-corrected chi connectivity index (χ4v) is 4.78. The van der Waals surface area contributed by atoms with Crippen LogP contribution in [0.25, 0.3) is 21.5 Å². The third-order valence-electron chi connectivity index (χ3n) is 4.91. The van der Waals surface area contributed by atoms with Crippen LogP contribution in [0.3, 0.4) is 0 Å². The number of benzene rings is 2. The van der Waals surface area contributed by atoms with Crippen LogP contribution in [0.4, 0.5) is 0 Å². The summed E-state index contributed by atoms with van der Waals surface area (Å²) in [6.45, 7) is 6.62. The average molecular weight is 502 g/mol. The summed E-state index contributed by atoms with van der Waals surface area (Å²) in [4.78, 5) is 0. The minimum absolute atomic E-state index is 0. The largest absolute Gasteiger partial charge is 4.00 e. The van der Waals surface area contributed by atoms with Crippen LogP contribution < -0.4 is 24.8 Å². The molecule has 0 heterocycles. The molecule has 4 aromatic carbocycles. The van der Waals surface area contributed by atoms with E-state index in [0.29, 0.717) is 0 Å². The first-order valence-electron chi connectivity index (χ1n) is 9.05. The zero-order chi connectivity index (χ0) is 17.4. The van der Waals surface area contributed by atoms with Gasteiger partial charge in [-0.15, -0.1) is 80.3 Å². The number of aryl methyl sites for hydroxylation is 2. The number of fused-ring (bicyclic) bond motifs is 2. The van der Waals surface area contributed by atoms with Crippen LogP contribution in [0.2, 0.25) is 6.04 Å². The van der Waals surface area contributed by atoms with E-state index in [0.717, 1.165) is 15.6 Å². The third kappa shape index (κ3) is 5.42. The molecule has 0 aliphatic carbocycles. The minimum atomic E-state index is 0. The summed E-state index contributed by atoms with van der Waals surface area (Å²) in [7, 11) is 0.892. The summed E-state index contributed by atoms with van der Waals surface area (Å²) < 4.78 is 0. The molecule has 0 amide bonds. The Balaban J connectivity index is 0.00000131. The van der Waals surface area contributed by atoms with E-state index in [4.69, 9.17) is 0 Å². The van der Waals surface area contributed by atoms with Gasteiger partial charge in [0.25, 0.3) is 0 Å². The van der Waals surface area contributed by atoms with Crippen LogP contribution in [0.1, 0.15) is 29.2 Å². The van der Waals surface area contributed by atoms with E-state index in [1.54, 1.807) is 5.17 Å². The van der Waals surface area contributed by atoms with Gasteiger partial charge >= 0.3 is 26.2 Å². The summed E-state index contributed by atoms with van der Waals surface area (Å²) in [5, 5.41) is 7.06. The van der Waals surface area contributed by atoms with Gasteiger partial charge in [-0.05, 0) is 23.0 Å². The van der Waals surface area contributed by atoms with Crippen LogP contribution in [0.5, 0.6) is 0 Å². The normalized spacial score (nSPS) is 11.0. The first-order valence-corrected chi connectivity index (χ1v) is 10.3. The fraction of sp³-hybridized carbons (Fsp3) is 0.208. The minimum Gasteiger partial charge on any atom is -1.00 e. The Morgan fingerprint density at radius 1 is 0.821 bits per heavy atom. The molecular formula is C24H23Cl2SiZr. The second-order valence-electron chi connectivity index (χ2n) is 7.06. The van der Waals surface area contributed by atoms with Gasteiger partial charge in [-0.3, -0.25) is 0 Å². The molecular weight excluding hydrogens is 478 g/mol. The topological polar surface area (TPSA) is 0 Å². The Hall–Kier alpha value is -0.790. The monoisotopic (exact) mass is 499 g/mol. The van der Waals surface area contributed by atoms with Crippen molar-refractivity contribution in [1.82, 2.24) is 0 Å². The van der Waals surface area contributed by atoms with Crippen molar-refractivity contribution in [2.24, 2.45) is 0 Å². The van der Waals surface area contributed by atoms with Gasteiger partial charge in [0.2, 0.25) is 0 Å². The molecule has 0 N–H and O–H groups in total. The molecule has 0 spiro atoms. The molecule has 0 saturated carbocycles. The van der Waals surface area contributed by atoms with Gasteiger partial charge in [-0.2, -0.15) is 6.07 Å². The molecule has 0 nitrogen and oxygen atoms in total. The van der Waals surface area contributed by atoms with Crippen molar-refractivity contribution in [2.75, 3.05) is 0 Å². The van der Waals surface area contributed by atoms with Gasteiger partial charge in [0.15, 0.2) is 0 Å². The predicted octanol–water partition coefficient (Wildman–Crippen LogP) is -0.0413. The van der Waals surface area contributed by atoms with Crippen molar-refractivity contribution in [1.29, 1.82) is 0 Å². The second kappa shape index (κ2) is 10.8. The van der Waals surface area contributed by atoms with Crippen molar-refractivity contribution >= 4 is 35.8 Å². The van der Waals surface area contributed by atoms with E-state index in [2.05, 4.69) is 81.4 Å². The van der Waals surface area contributed by atoms with Gasteiger partial charge < -0.3 is 24.8 Å². The molecule has 4 heteroatoms. The Morgan fingerprint density at radius 2 is 1.39 bits per heavy atom. The molecule has 0 aliphatic rings. The van der Waals surface area contributed by atoms with Gasteiger partial charge in [-0.1, -0.05) is 42.6 Å². The fourth-order valence-electron chi connectivity index (χ4n) is 3.68. The summed E-state index contributed by atoms with van der Waals surface area (Å²) >= 11 is 0. The van der Waals surface area contributed by atoms with E-state index in [1.807, 2.05) is 0 Å². The number of hydrogen-bond donors (Lipinski definition) is 0. The molecule has 0 aliphatic heterocycles. The van der Waals surface area contributed by atoms with Crippen LogP contribution in [0, 0.1) is 13.8 Å². The zero-order valence-electron chi connectivity index (χ0n) is 16.4. The third-order valence-corrected chi connectivity index (χ3v) is 6.15. The SMILES string of the molecule is CC[Si]=C(Cc1cc2cc(C)ccc2[cH-]1)c1cc2cc(C)ccc2[cH-]1.[Cl-].[Cl-].[Zr+4]. The van der Waals surface area contributed by atoms with Crippen molar-refractivity contribution in [3.63, 3.8) is 0 Å². The summed E-state index contributed by atoms with van der Waals surface area (Å²) in [6, 6.07) is 24.2. The molecule has 0 bridgehead atoms. The standard InChI is InChI=1S/C24H23Si.2ClH.Zr/c1-4-25-24(23-14-20-8-6-17(3)10-22(20)15-23)13-18-11-19-7-5-16(2)9-21(19)12-18;;;/h5-12,14-15H,4,13H2,1-3H3;2*1H;/q-2;;;+4/p-2. The molecule has 0 fully saturated rings. The predicted molar refractivity (Wildman–Crippen MR) is 113 cm³/mol. The van der Waals surface area contributed by atoms with Gasteiger partial charge in [0, 0.05) is 0 Å². The Morgan fingerprint density at radius 3 is 2.00 bits per heavy atom. The molecule has 4 rings (SSSR count). The molecule has 28 heavy (non-hydrogen) atoms. The van der Waals surface area contributed by atoms with Gasteiger partial charge in [0.05, 0.1) is 0 Å². The van der Waals surface area contributed by atoms with Gasteiger partial charge in [-0.25, -0.2) is 0 Å². The van der Waals surface area contributed by atoms with E-state index in [1.165, 1.54) is 49.8 Å². The molecule has 0 aromatic heterocycles. The molecule has 0 atom stereocenters. The number of rotatable bonds is 4. The van der Waals surface area contributed by atoms with Gasteiger partial charge in [0.1, 0.15) is 0 Å². The van der Waals surface area contributed by atoms with Crippen LogP contribution in [0.15, 0.2) is 60.7 Å². The Kier molecular flexibility index (Phi) is 9.77. The number of halogens is 2. The Bertz CT molecular complexity index is 1090. The van der Waals surface area contributed by atoms with E-state index in [-0.39, 0.29) is 51.0 Å². The quantitative estimate of drug-likeness (QED) is 0.272. The van der Waals surface area contributed by atoms with E-state index in [9.17, 15) is 0 Å². The maximum Gasteiger partial charge on any atom is 4.00 e. The van der Waals surface area contributed by atoms with Crippen molar-refractivity contribution in [2.45, 2.75) is 33.2 Å².